The molecule has 2 rings (SSSR count). The van der Waals surface area contributed by atoms with Gasteiger partial charge in [-0.2, -0.15) is 0 Å². The number of nitrogens with one attached hydrogen (secondary N) is 1. The molecule has 0 aromatic carbocycles. The van der Waals surface area contributed by atoms with E-state index in [0.29, 0.717) is 6.04 Å². The number of rotatable bonds is 6. The molecular formula is C13H23N3O. The summed E-state index contributed by atoms with van der Waals surface area (Å²) in [5.74, 6) is 1.03. The lowest BCUT2D eigenvalue weighted by atomic mass is 10.2. The molecule has 0 radical (unpaired) electrons. The lowest BCUT2D eigenvalue weighted by molar-refractivity contribution is 0.190. The second kappa shape index (κ2) is 6.05. The molecule has 1 fully saturated rings. The van der Waals surface area contributed by atoms with E-state index in [1.807, 2.05) is 6.92 Å². The minimum absolute atomic E-state index is 0.623. The van der Waals surface area contributed by atoms with Crippen molar-refractivity contribution in [2.45, 2.75) is 51.6 Å². The molecule has 0 unspecified atom stereocenters. The summed E-state index contributed by atoms with van der Waals surface area (Å²) >= 11 is 0. The maximum Gasteiger partial charge on any atom is 0.203 e. The quantitative estimate of drug-likeness (QED) is 0.773. The number of imidazole rings is 1. The molecule has 0 saturated heterocycles. The molecule has 0 aliphatic heterocycles. The first kappa shape index (κ1) is 12.4. The molecule has 1 aliphatic carbocycles. The number of anilines is 1. The normalized spacial score (nSPS) is 16.6. The van der Waals surface area contributed by atoms with Crippen molar-refractivity contribution < 1.29 is 4.74 Å². The number of hydrogen-bond acceptors (Lipinski definition) is 3. The number of nitrogens with zero attached hydrogens (tertiary/aromatic N) is 2. The van der Waals surface area contributed by atoms with Gasteiger partial charge in [0, 0.05) is 32.5 Å². The van der Waals surface area contributed by atoms with Gasteiger partial charge in [0.2, 0.25) is 5.95 Å². The molecule has 0 bridgehead atoms. The molecule has 1 saturated carbocycles. The van der Waals surface area contributed by atoms with Crippen molar-refractivity contribution in [1.29, 1.82) is 0 Å². The minimum atomic E-state index is 0.623. The maximum absolute atomic E-state index is 5.09. The minimum Gasteiger partial charge on any atom is -0.385 e. The Bertz CT molecular complexity index is 342. The molecule has 0 amide bonds. The van der Waals surface area contributed by atoms with Crippen molar-refractivity contribution in [3.8, 4) is 0 Å². The van der Waals surface area contributed by atoms with Gasteiger partial charge < -0.3 is 14.6 Å². The van der Waals surface area contributed by atoms with Crippen molar-refractivity contribution in [2.24, 2.45) is 0 Å². The van der Waals surface area contributed by atoms with E-state index in [4.69, 9.17) is 4.74 Å². The fourth-order valence-corrected chi connectivity index (χ4v) is 2.46. The highest BCUT2D eigenvalue weighted by Crippen LogP contribution is 2.22. The van der Waals surface area contributed by atoms with Crippen LogP contribution < -0.4 is 5.32 Å². The number of methoxy groups -OCH3 is 1. The fourth-order valence-electron chi connectivity index (χ4n) is 2.46. The third-order valence-corrected chi connectivity index (χ3v) is 3.33. The fraction of sp³-hybridized carbons (Fsp3) is 0.769. The standard InChI is InChI=1S/C13H23N3O/c1-11-10-16(8-5-9-17-2)13(14-11)15-12-6-3-4-7-12/h10,12H,3-9H2,1-2H3,(H,14,15). The van der Waals surface area contributed by atoms with Crippen molar-refractivity contribution in [1.82, 2.24) is 9.55 Å². The number of ether oxygens (including phenoxy) is 1. The average molecular weight is 237 g/mol. The second-order valence-electron chi connectivity index (χ2n) is 4.87. The topological polar surface area (TPSA) is 39.1 Å². The highest BCUT2D eigenvalue weighted by atomic mass is 16.5. The summed E-state index contributed by atoms with van der Waals surface area (Å²) in [7, 11) is 1.75. The predicted octanol–water partition coefficient (Wildman–Crippen LogP) is 2.58. The van der Waals surface area contributed by atoms with E-state index in [1.54, 1.807) is 7.11 Å². The highest BCUT2D eigenvalue weighted by molar-refractivity contribution is 5.30. The van der Waals surface area contributed by atoms with E-state index in [1.165, 1.54) is 25.7 Å². The van der Waals surface area contributed by atoms with Gasteiger partial charge in [-0.1, -0.05) is 12.8 Å². The first-order valence-corrected chi connectivity index (χ1v) is 6.59. The van der Waals surface area contributed by atoms with Gasteiger partial charge in [-0.3, -0.25) is 0 Å². The summed E-state index contributed by atoms with van der Waals surface area (Å²) in [6.45, 7) is 3.83. The Balaban J connectivity index is 1.94. The monoisotopic (exact) mass is 237 g/mol. The third-order valence-electron chi connectivity index (χ3n) is 3.33. The van der Waals surface area contributed by atoms with Gasteiger partial charge in [0.15, 0.2) is 0 Å². The molecule has 1 heterocycles. The second-order valence-corrected chi connectivity index (χ2v) is 4.87. The predicted molar refractivity (Wildman–Crippen MR) is 69.3 cm³/mol. The van der Waals surface area contributed by atoms with Crippen LogP contribution in [0.15, 0.2) is 6.20 Å². The van der Waals surface area contributed by atoms with Crippen LogP contribution in [0, 0.1) is 6.92 Å². The average Bonchev–Trinajstić information content (AvgIpc) is 2.90. The Kier molecular flexibility index (Phi) is 4.42. The van der Waals surface area contributed by atoms with Crippen molar-refractivity contribution >= 4 is 5.95 Å². The van der Waals surface area contributed by atoms with Gasteiger partial charge in [-0.05, 0) is 26.2 Å². The highest BCUT2D eigenvalue weighted by Gasteiger charge is 2.16. The Morgan fingerprint density at radius 1 is 1.47 bits per heavy atom. The van der Waals surface area contributed by atoms with E-state index in [0.717, 1.165) is 31.2 Å². The van der Waals surface area contributed by atoms with Crippen LogP contribution in [0.3, 0.4) is 0 Å². The first-order chi connectivity index (χ1) is 8.29. The molecule has 0 atom stereocenters. The first-order valence-electron chi connectivity index (χ1n) is 6.59. The Morgan fingerprint density at radius 3 is 2.94 bits per heavy atom. The Hall–Kier alpha value is -1.03. The van der Waals surface area contributed by atoms with Crippen LogP contribution in [0.4, 0.5) is 5.95 Å². The molecule has 1 aromatic heterocycles. The summed E-state index contributed by atoms with van der Waals surface area (Å²) in [5, 5.41) is 3.57. The van der Waals surface area contributed by atoms with Crippen LogP contribution in [0.25, 0.3) is 0 Å². The van der Waals surface area contributed by atoms with Crippen molar-refractivity contribution in [3.63, 3.8) is 0 Å². The molecule has 4 nitrogen and oxygen atoms in total. The summed E-state index contributed by atoms with van der Waals surface area (Å²) in [5.41, 5.74) is 1.09. The molecule has 1 aromatic rings. The summed E-state index contributed by atoms with van der Waals surface area (Å²) in [6, 6.07) is 0.623. The van der Waals surface area contributed by atoms with Crippen LogP contribution in [0.2, 0.25) is 0 Å². The smallest absolute Gasteiger partial charge is 0.203 e. The van der Waals surface area contributed by atoms with Gasteiger partial charge in [0.1, 0.15) is 0 Å². The zero-order chi connectivity index (χ0) is 12.1. The summed E-state index contributed by atoms with van der Waals surface area (Å²) in [4.78, 5) is 4.56. The van der Waals surface area contributed by atoms with Crippen LogP contribution in [-0.4, -0.2) is 29.3 Å². The molecular weight excluding hydrogens is 214 g/mol. The van der Waals surface area contributed by atoms with E-state index in [9.17, 15) is 0 Å². The molecule has 17 heavy (non-hydrogen) atoms. The van der Waals surface area contributed by atoms with Gasteiger partial charge >= 0.3 is 0 Å². The van der Waals surface area contributed by atoms with Gasteiger partial charge in [0.25, 0.3) is 0 Å². The van der Waals surface area contributed by atoms with Gasteiger partial charge in [-0.25, -0.2) is 4.98 Å². The molecule has 1 N–H and O–H groups in total. The Morgan fingerprint density at radius 2 is 2.24 bits per heavy atom. The molecule has 1 aliphatic rings. The molecule has 0 spiro atoms. The lowest BCUT2D eigenvalue weighted by Gasteiger charge is -2.14. The van der Waals surface area contributed by atoms with E-state index < -0.39 is 0 Å². The van der Waals surface area contributed by atoms with E-state index in [-0.39, 0.29) is 0 Å². The van der Waals surface area contributed by atoms with Crippen molar-refractivity contribution in [2.75, 3.05) is 19.0 Å². The summed E-state index contributed by atoms with van der Waals surface area (Å²) < 4.78 is 7.30. The van der Waals surface area contributed by atoms with Crippen LogP contribution >= 0.6 is 0 Å². The number of aromatic nitrogens is 2. The molecule has 96 valence electrons. The lowest BCUT2D eigenvalue weighted by Crippen LogP contribution is -2.18. The van der Waals surface area contributed by atoms with E-state index >= 15 is 0 Å². The SMILES string of the molecule is COCCCn1cc(C)nc1NC1CCCC1. The van der Waals surface area contributed by atoms with Gasteiger partial charge in [-0.15, -0.1) is 0 Å². The van der Waals surface area contributed by atoms with E-state index in [2.05, 4.69) is 21.1 Å². The zero-order valence-corrected chi connectivity index (χ0v) is 10.9. The zero-order valence-electron chi connectivity index (χ0n) is 10.9. The summed E-state index contributed by atoms with van der Waals surface area (Å²) in [6.07, 6.45) is 8.41. The third kappa shape index (κ3) is 3.46. The molecule has 4 heteroatoms. The number of aryl methyl sites for hydroxylation is 2. The van der Waals surface area contributed by atoms with Crippen molar-refractivity contribution in [3.05, 3.63) is 11.9 Å². The van der Waals surface area contributed by atoms with Crippen LogP contribution in [0.5, 0.6) is 0 Å². The van der Waals surface area contributed by atoms with Crippen LogP contribution in [-0.2, 0) is 11.3 Å². The largest absolute Gasteiger partial charge is 0.385 e. The van der Waals surface area contributed by atoms with Crippen LogP contribution in [0.1, 0.15) is 37.8 Å². The maximum atomic E-state index is 5.09. The van der Waals surface area contributed by atoms with Gasteiger partial charge in [0.05, 0.1) is 5.69 Å². The number of hydrogen-bond donors (Lipinski definition) is 1. The Labute approximate surface area is 103 Å².